The number of nitrogens with one attached hydrogen (secondary N) is 3. The number of urea groups is 1. The first-order chi connectivity index (χ1) is 22.4. The van der Waals surface area contributed by atoms with Crippen molar-refractivity contribution < 1.29 is 24.3 Å². The Morgan fingerprint density at radius 1 is 0.830 bits per heavy atom. The van der Waals surface area contributed by atoms with E-state index in [1.165, 1.54) is 11.0 Å². The normalized spacial score (nSPS) is 13.2. The zero-order valence-corrected chi connectivity index (χ0v) is 26.9. The summed E-state index contributed by atoms with van der Waals surface area (Å²) in [5, 5.41) is 20.7. The number of rotatable bonds is 13. The van der Waals surface area contributed by atoms with Gasteiger partial charge in [-0.3, -0.25) is 14.4 Å². The van der Waals surface area contributed by atoms with Crippen molar-refractivity contribution in [3.8, 4) is 0 Å². The number of nitrogens with zero attached hydrogens (tertiary/aromatic N) is 2. The summed E-state index contributed by atoms with van der Waals surface area (Å²) in [6.45, 7) is 5.74. The van der Waals surface area contributed by atoms with Gasteiger partial charge >= 0.3 is 6.03 Å². The molecule has 1 heterocycles. The minimum absolute atomic E-state index is 0.0641. The summed E-state index contributed by atoms with van der Waals surface area (Å²) < 4.78 is 0. The fourth-order valence-electron chi connectivity index (χ4n) is 5.11. The van der Waals surface area contributed by atoms with Gasteiger partial charge in [0.15, 0.2) is 0 Å². The smallest absolute Gasteiger partial charge is 0.318 e. The van der Waals surface area contributed by atoms with Gasteiger partial charge in [-0.2, -0.15) is 0 Å². The molecule has 3 aromatic carbocycles. The van der Waals surface area contributed by atoms with Crippen molar-refractivity contribution in [2.24, 2.45) is 5.73 Å². The Bertz CT molecular complexity index is 1680. The van der Waals surface area contributed by atoms with Crippen molar-refractivity contribution >= 4 is 34.7 Å². The highest BCUT2D eigenvalue weighted by molar-refractivity contribution is 5.99. The molecule has 0 saturated heterocycles. The maximum atomic E-state index is 13.7. The average Bonchev–Trinajstić information content (AvgIpc) is 3.05. The standard InChI is InChI=1S/C36H42N6O5/c1-36(2,3)42(35(47)38-22-25-14-8-5-9-15-25)23-31(43)29(20-24-12-6-4-7-13-24)40-34(46)30(21-32(37)44)41-33(45)28-19-18-26-16-10-11-17-27(26)39-28/h4-19,29-31,43H,20-23H2,1-3H3,(H2,37,44)(H,38,47)(H,40,46)(H,41,45)/t29-,30-,31+/m0/s1. The molecule has 0 bridgehead atoms. The molecule has 11 nitrogen and oxygen atoms in total. The molecule has 0 fully saturated rings. The van der Waals surface area contributed by atoms with Crippen molar-refractivity contribution in [1.82, 2.24) is 25.8 Å². The molecule has 3 atom stereocenters. The van der Waals surface area contributed by atoms with Crippen LogP contribution in [0.4, 0.5) is 4.79 Å². The molecule has 0 radical (unpaired) electrons. The third kappa shape index (κ3) is 10.1. The van der Waals surface area contributed by atoms with Gasteiger partial charge in [0.1, 0.15) is 11.7 Å². The van der Waals surface area contributed by atoms with E-state index in [9.17, 15) is 24.3 Å². The Morgan fingerprint density at radius 2 is 1.45 bits per heavy atom. The fraction of sp³-hybridized carbons (Fsp3) is 0.306. The number of carbonyl (C=O) groups is 4. The van der Waals surface area contributed by atoms with E-state index < -0.39 is 47.9 Å². The van der Waals surface area contributed by atoms with Crippen LogP contribution in [0.2, 0.25) is 0 Å². The average molecular weight is 639 g/mol. The lowest BCUT2D eigenvalue weighted by atomic mass is 9.98. The maximum Gasteiger partial charge on any atom is 0.318 e. The number of hydrogen-bond acceptors (Lipinski definition) is 6. The zero-order valence-electron chi connectivity index (χ0n) is 26.9. The molecule has 4 aromatic rings. The molecule has 11 heteroatoms. The molecule has 0 unspecified atom stereocenters. The van der Waals surface area contributed by atoms with Crippen LogP contribution in [0.1, 0.15) is 48.8 Å². The molecule has 47 heavy (non-hydrogen) atoms. The molecule has 0 aliphatic rings. The second-order valence-electron chi connectivity index (χ2n) is 12.4. The highest BCUT2D eigenvalue weighted by Gasteiger charge is 2.34. The van der Waals surface area contributed by atoms with E-state index in [1.54, 1.807) is 18.2 Å². The van der Waals surface area contributed by atoms with Crippen molar-refractivity contribution in [3.63, 3.8) is 0 Å². The molecule has 1 aromatic heterocycles. The van der Waals surface area contributed by atoms with E-state index in [0.717, 1.165) is 16.5 Å². The number of hydrogen-bond donors (Lipinski definition) is 5. The van der Waals surface area contributed by atoms with Gasteiger partial charge in [-0.25, -0.2) is 9.78 Å². The number of fused-ring (bicyclic) bond motifs is 1. The lowest BCUT2D eigenvalue weighted by molar-refractivity contribution is -0.128. The van der Waals surface area contributed by atoms with Crippen LogP contribution in [0.5, 0.6) is 0 Å². The molecule has 6 N–H and O–H groups in total. The monoisotopic (exact) mass is 638 g/mol. The predicted octanol–water partition coefficient (Wildman–Crippen LogP) is 3.31. The number of carbonyl (C=O) groups excluding carboxylic acids is 4. The van der Waals surface area contributed by atoms with E-state index in [0.29, 0.717) is 12.1 Å². The van der Waals surface area contributed by atoms with Gasteiger partial charge in [0.25, 0.3) is 5.91 Å². The summed E-state index contributed by atoms with van der Waals surface area (Å²) in [4.78, 5) is 58.1. The molecule has 5 amide bonds. The summed E-state index contributed by atoms with van der Waals surface area (Å²) in [7, 11) is 0. The van der Waals surface area contributed by atoms with E-state index in [1.807, 2.05) is 93.6 Å². The van der Waals surface area contributed by atoms with E-state index >= 15 is 0 Å². The Balaban J connectivity index is 1.53. The van der Waals surface area contributed by atoms with Crippen LogP contribution < -0.4 is 21.7 Å². The molecule has 0 aliphatic heterocycles. The van der Waals surface area contributed by atoms with Gasteiger partial charge < -0.3 is 31.7 Å². The molecule has 0 saturated carbocycles. The van der Waals surface area contributed by atoms with Crippen LogP contribution in [0.15, 0.2) is 97.1 Å². The number of nitrogens with two attached hydrogens (primary N) is 1. The quantitative estimate of drug-likeness (QED) is 0.151. The highest BCUT2D eigenvalue weighted by Crippen LogP contribution is 2.18. The first-order valence-corrected chi connectivity index (χ1v) is 15.5. The Morgan fingerprint density at radius 3 is 2.09 bits per heavy atom. The Kier molecular flexibility index (Phi) is 11.6. The van der Waals surface area contributed by atoms with Crippen LogP contribution in [-0.2, 0) is 22.6 Å². The molecule has 4 rings (SSSR count). The number of amides is 5. The number of pyridine rings is 1. The van der Waals surface area contributed by atoms with Gasteiger partial charge in [-0.05, 0) is 50.5 Å². The van der Waals surface area contributed by atoms with Gasteiger partial charge in [-0.1, -0.05) is 84.9 Å². The SMILES string of the molecule is CC(C)(C)N(C[C@@H](O)[C@H](Cc1ccccc1)NC(=O)[C@H](CC(N)=O)NC(=O)c1ccc2ccccc2n1)C(=O)NCc1ccccc1. The number of β-amino-alcohol motifs (C(OH)–C–C–N with tert-alkyl or cyclic N) is 1. The first kappa shape index (κ1) is 34.6. The number of para-hydroxylation sites is 1. The largest absolute Gasteiger partial charge is 0.389 e. The second kappa shape index (κ2) is 15.8. The zero-order chi connectivity index (χ0) is 34.0. The molecular weight excluding hydrogens is 596 g/mol. The highest BCUT2D eigenvalue weighted by atomic mass is 16.3. The van der Waals surface area contributed by atoms with Crippen molar-refractivity contribution in [1.29, 1.82) is 0 Å². The molecule has 0 aliphatic carbocycles. The first-order valence-electron chi connectivity index (χ1n) is 15.5. The van der Waals surface area contributed by atoms with Crippen molar-refractivity contribution in [3.05, 3.63) is 114 Å². The summed E-state index contributed by atoms with van der Waals surface area (Å²) in [5.74, 6) is -2.17. The van der Waals surface area contributed by atoms with Gasteiger partial charge in [-0.15, -0.1) is 0 Å². The summed E-state index contributed by atoms with van der Waals surface area (Å²) in [6.07, 6.45) is -1.50. The number of primary amides is 1. The van der Waals surface area contributed by atoms with Crippen molar-refractivity contribution in [2.45, 2.75) is 63.9 Å². The fourth-order valence-corrected chi connectivity index (χ4v) is 5.11. The van der Waals surface area contributed by atoms with Gasteiger partial charge in [0, 0.05) is 17.5 Å². The Labute approximate surface area is 274 Å². The van der Waals surface area contributed by atoms with Crippen molar-refractivity contribution in [2.75, 3.05) is 6.54 Å². The van der Waals surface area contributed by atoms with Gasteiger partial charge in [0.05, 0.1) is 30.6 Å². The number of benzene rings is 3. The number of aromatic nitrogens is 1. The molecule has 0 spiro atoms. The van der Waals surface area contributed by atoms with E-state index in [4.69, 9.17) is 5.73 Å². The minimum Gasteiger partial charge on any atom is -0.389 e. The Hall–Kier alpha value is -5.29. The summed E-state index contributed by atoms with van der Waals surface area (Å²) in [6, 6.07) is 26.6. The number of aliphatic hydroxyl groups excluding tert-OH is 1. The van der Waals surface area contributed by atoms with Crippen LogP contribution in [0, 0.1) is 0 Å². The number of aliphatic hydroxyl groups is 1. The van der Waals surface area contributed by atoms with Crippen LogP contribution >= 0.6 is 0 Å². The van der Waals surface area contributed by atoms with Crippen LogP contribution in [0.25, 0.3) is 10.9 Å². The maximum absolute atomic E-state index is 13.7. The lowest BCUT2D eigenvalue weighted by Crippen LogP contribution is -2.59. The minimum atomic E-state index is -1.34. The topological polar surface area (TPSA) is 167 Å². The predicted molar refractivity (Wildman–Crippen MR) is 180 cm³/mol. The molecule has 246 valence electrons. The third-order valence-electron chi connectivity index (χ3n) is 7.66. The van der Waals surface area contributed by atoms with Gasteiger partial charge in [0.2, 0.25) is 11.8 Å². The molecular formula is C36H42N6O5. The van der Waals surface area contributed by atoms with E-state index in [-0.39, 0.29) is 24.7 Å². The van der Waals surface area contributed by atoms with Crippen LogP contribution in [0.3, 0.4) is 0 Å². The third-order valence-corrected chi connectivity index (χ3v) is 7.66. The lowest BCUT2D eigenvalue weighted by Gasteiger charge is -2.39. The summed E-state index contributed by atoms with van der Waals surface area (Å²) in [5.41, 5.74) is 7.19. The summed E-state index contributed by atoms with van der Waals surface area (Å²) >= 11 is 0. The second-order valence-corrected chi connectivity index (χ2v) is 12.4. The van der Waals surface area contributed by atoms with E-state index in [2.05, 4.69) is 20.9 Å². The van der Waals surface area contributed by atoms with Crippen LogP contribution in [-0.4, -0.2) is 69.0 Å².